The van der Waals surface area contributed by atoms with E-state index >= 15 is 0 Å². The van der Waals surface area contributed by atoms with E-state index in [0.717, 1.165) is 0 Å². The number of nitrogens with zero attached hydrogens (tertiary/aromatic N) is 1. The molecule has 1 atom stereocenters. The van der Waals surface area contributed by atoms with Crippen molar-refractivity contribution in [2.45, 2.75) is 24.4 Å². The van der Waals surface area contributed by atoms with Gasteiger partial charge in [-0.25, -0.2) is 18.9 Å². The van der Waals surface area contributed by atoms with Crippen molar-refractivity contribution in [2.24, 2.45) is 0 Å². The first-order valence-electron chi connectivity index (χ1n) is 8.02. The predicted octanol–water partition coefficient (Wildman–Crippen LogP) is 3.27. The van der Waals surface area contributed by atoms with Crippen molar-refractivity contribution in [3.8, 4) is 11.5 Å². The van der Waals surface area contributed by atoms with Crippen LogP contribution < -0.4 is 15.0 Å². The van der Waals surface area contributed by atoms with Gasteiger partial charge in [-0.15, -0.1) is 13.2 Å². The zero-order valence-corrected chi connectivity index (χ0v) is 15.3. The lowest BCUT2D eigenvalue weighted by Crippen LogP contribution is -2.17. The summed E-state index contributed by atoms with van der Waals surface area (Å²) < 4.78 is 69.4. The SMILES string of the molecule is CCS(=O)(=O)c1ccc(OC2=C[C@H](c3ccc(OC(F)(F)F)cc3)ON2)cn1. The van der Waals surface area contributed by atoms with Crippen LogP contribution >= 0.6 is 0 Å². The van der Waals surface area contributed by atoms with Crippen LogP contribution in [0, 0.1) is 0 Å². The van der Waals surface area contributed by atoms with Gasteiger partial charge in [0.1, 0.15) is 17.6 Å². The molecule has 0 aliphatic carbocycles. The monoisotopic (exact) mass is 416 g/mol. The van der Waals surface area contributed by atoms with E-state index in [4.69, 9.17) is 9.57 Å². The molecular formula is C17H15F3N2O5S. The summed E-state index contributed by atoms with van der Waals surface area (Å²) in [6.45, 7) is 1.52. The second-order valence-corrected chi connectivity index (χ2v) is 7.85. The third kappa shape index (κ3) is 4.93. The average molecular weight is 416 g/mol. The van der Waals surface area contributed by atoms with Crippen molar-refractivity contribution in [1.82, 2.24) is 10.5 Å². The van der Waals surface area contributed by atoms with E-state index in [-0.39, 0.29) is 28.2 Å². The van der Waals surface area contributed by atoms with Gasteiger partial charge in [-0.05, 0) is 29.8 Å². The van der Waals surface area contributed by atoms with Crippen LogP contribution in [0.15, 0.2) is 59.6 Å². The third-order valence-corrected chi connectivity index (χ3v) is 5.31. The molecule has 0 radical (unpaired) electrons. The van der Waals surface area contributed by atoms with Crippen molar-refractivity contribution in [3.05, 3.63) is 60.1 Å². The van der Waals surface area contributed by atoms with Crippen LogP contribution in [-0.2, 0) is 14.7 Å². The normalized spacial score (nSPS) is 17.0. The summed E-state index contributed by atoms with van der Waals surface area (Å²) in [6, 6.07) is 8.00. The topological polar surface area (TPSA) is 86.8 Å². The second kappa shape index (κ2) is 7.68. The number of ether oxygens (including phenoxy) is 2. The van der Waals surface area contributed by atoms with Gasteiger partial charge in [-0.2, -0.15) is 0 Å². The number of hydrogen-bond donors (Lipinski definition) is 1. The molecule has 1 aliphatic rings. The minimum Gasteiger partial charge on any atom is -0.438 e. The number of alkyl halides is 3. The summed E-state index contributed by atoms with van der Waals surface area (Å²) in [7, 11) is -3.40. The van der Waals surface area contributed by atoms with Crippen LogP contribution in [0.5, 0.6) is 11.5 Å². The van der Waals surface area contributed by atoms with E-state index in [1.807, 2.05) is 0 Å². The first kappa shape index (κ1) is 20.0. The maximum absolute atomic E-state index is 12.2. The highest BCUT2D eigenvalue weighted by Crippen LogP contribution is 2.29. The Bertz CT molecular complexity index is 958. The van der Waals surface area contributed by atoms with E-state index in [9.17, 15) is 21.6 Å². The Morgan fingerprint density at radius 2 is 1.82 bits per heavy atom. The Labute approximate surface area is 158 Å². The molecule has 0 bridgehead atoms. The van der Waals surface area contributed by atoms with Crippen LogP contribution in [0.4, 0.5) is 13.2 Å². The molecular weight excluding hydrogens is 401 g/mol. The lowest BCUT2D eigenvalue weighted by Gasteiger charge is -2.11. The standard InChI is InChI=1S/C17H15F3N2O5S/c1-2-28(23,24)16-8-7-13(10-21-16)25-15-9-14(27-22-15)11-3-5-12(6-4-11)26-17(18,19)20/h3-10,14,22H,2H2,1H3/t14-/m1/s1. The molecule has 0 fully saturated rings. The third-order valence-electron chi connectivity index (χ3n) is 3.67. The van der Waals surface area contributed by atoms with Crippen molar-refractivity contribution in [2.75, 3.05) is 5.75 Å². The van der Waals surface area contributed by atoms with Gasteiger partial charge >= 0.3 is 6.36 Å². The van der Waals surface area contributed by atoms with Crippen LogP contribution in [0.3, 0.4) is 0 Å². The Balaban J connectivity index is 1.65. The molecule has 3 rings (SSSR count). The zero-order chi connectivity index (χ0) is 20.4. The molecule has 11 heteroatoms. The van der Waals surface area contributed by atoms with Gasteiger partial charge in [0.15, 0.2) is 14.9 Å². The molecule has 0 amide bonds. The molecule has 2 heterocycles. The number of sulfone groups is 1. The van der Waals surface area contributed by atoms with Gasteiger partial charge in [-0.3, -0.25) is 4.84 Å². The molecule has 0 spiro atoms. The van der Waals surface area contributed by atoms with Gasteiger partial charge in [-0.1, -0.05) is 19.1 Å². The molecule has 2 aromatic rings. The highest BCUT2D eigenvalue weighted by Gasteiger charge is 2.31. The van der Waals surface area contributed by atoms with Gasteiger partial charge < -0.3 is 9.47 Å². The van der Waals surface area contributed by atoms with Gasteiger partial charge in [0, 0.05) is 6.08 Å². The van der Waals surface area contributed by atoms with Gasteiger partial charge in [0.2, 0.25) is 5.88 Å². The maximum atomic E-state index is 12.2. The number of nitrogens with one attached hydrogen (secondary N) is 1. The lowest BCUT2D eigenvalue weighted by atomic mass is 10.1. The summed E-state index contributed by atoms with van der Waals surface area (Å²) in [5.41, 5.74) is 3.12. The Hall–Kier alpha value is -2.79. The van der Waals surface area contributed by atoms with Crippen molar-refractivity contribution in [3.63, 3.8) is 0 Å². The molecule has 1 aromatic carbocycles. The average Bonchev–Trinajstić information content (AvgIpc) is 3.10. The van der Waals surface area contributed by atoms with Crippen molar-refractivity contribution < 1.29 is 35.9 Å². The second-order valence-electron chi connectivity index (χ2n) is 5.63. The summed E-state index contributed by atoms with van der Waals surface area (Å²) in [4.78, 5) is 9.18. The van der Waals surface area contributed by atoms with Crippen LogP contribution in [0.25, 0.3) is 0 Å². The molecule has 0 unspecified atom stereocenters. The maximum Gasteiger partial charge on any atom is 0.573 e. The van der Waals surface area contributed by atoms with E-state index in [0.29, 0.717) is 5.56 Å². The number of hydroxylamine groups is 1. The minimum atomic E-state index is -4.76. The molecule has 0 saturated carbocycles. The fourth-order valence-corrected chi connectivity index (χ4v) is 3.08. The highest BCUT2D eigenvalue weighted by atomic mass is 32.2. The van der Waals surface area contributed by atoms with Crippen molar-refractivity contribution >= 4 is 9.84 Å². The number of hydrogen-bond acceptors (Lipinski definition) is 7. The minimum absolute atomic E-state index is 0.0500. The Morgan fingerprint density at radius 3 is 2.39 bits per heavy atom. The lowest BCUT2D eigenvalue weighted by molar-refractivity contribution is -0.274. The summed E-state index contributed by atoms with van der Waals surface area (Å²) in [5, 5.41) is -0.0500. The van der Waals surface area contributed by atoms with E-state index in [1.54, 1.807) is 6.08 Å². The first-order chi connectivity index (χ1) is 13.2. The van der Waals surface area contributed by atoms with E-state index in [2.05, 4.69) is 15.2 Å². The van der Waals surface area contributed by atoms with E-state index in [1.165, 1.54) is 49.5 Å². The predicted molar refractivity (Wildman–Crippen MR) is 90.8 cm³/mol. The summed E-state index contributed by atoms with van der Waals surface area (Å²) in [5.74, 6) is 0.117. The van der Waals surface area contributed by atoms with E-state index < -0.39 is 22.3 Å². The molecule has 150 valence electrons. The molecule has 1 N–H and O–H groups in total. The van der Waals surface area contributed by atoms with Crippen LogP contribution in [0.2, 0.25) is 0 Å². The molecule has 7 nitrogen and oxygen atoms in total. The molecule has 1 aliphatic heterocycles. The zero-order valence-electron chi connectivity index (χ0n) is 14.4. The number of halogens is 3. The number of aromatic nitrogens is 1. The van der Waals surface area contributed by atoms with Crippen molar-refractivity contribution in [1.29, 1.82) is 0 Å². The number of rotatable bonds is 6. The number of pyridine rings is 1. The fraction of sp³-hybridized carbons (Fsp3) is 0.235. The van der Waals surface area contributed by atoms with Crippen LogP contribution in [0.1, 0.15) is 18.6 Å². The first-order valence-corrected chi connectivity index (χ1v) is 9.67. The fourth-order valence-electron chi connectivity index (χ4n) is 2.29. The molecule has 0 saturated heterocycles. The highest BCUT2D eigenvalue weighted by molar-refractivity contribution is 7.91. The molecule has 1 aromatic heterocycles. The molecule has 28 heavy (non-hydrogen) atoms. The van der Waals surface area contributed by atoms with Gasteiger partial charge in [0.05, 0.1) is 11.9 Å². The summed E-state index contributed by atoms with van der Waals surface area (Å²) in [6.07, 6.45) is -2.52. The number of benzene rings is 1. The Kier molecular flexibility index (Phi) is 5.47. The van der Waals surface area contributed by atoms with Gasteiger partial charge in [0.25, 0.3) is 0 Å². The quantitative estimate of drug-likeness (QED) is 0.773. The van der Waals surface area contributed by atoms with Crippen LogP contribution in [-0.4, -0.2) is 25.5 Å². The summed E-state index contributed by atoms with van der Waals surface area (Å²) >= 11 is 0. The smallest absolute Gasteiger partial charge is 0.438 e. The Morgan fingerprint density at radius 1 is 1.14 bits per heavy atom. The largest absolute Gasteiger partial charge is 0.573 e.